The Kier molecular flexibility index (Phi) is 5.09. The Morgan fingerprint density at radius 1 is 0.935 bits per heavy atom. The van der Waals surface area contributed by atoms with Gasteiger partial charge in [0.2, 0.25) is 11.8 Å². The molecule has 0 aromatic heterocycles. The Morgan fingerprint density at radius 3 is 2.16 bits per heavy atom. The van der Waals surface area contributed by atoms with Crippen molar-refractivity contribution in [2.24, 2.45) is 23.7 Å². The van der Waals surface area contributed by atoms with E-state index in [1.807, 2.05) is 32.0 Å². The van der Waals surface area contributed by atoms with Crippen LogP contribution in [0.1, 0.15) is 27.9 Å². The first-order chi connectivity index (χ1) is 14.8. The fraction of sp³-hybridized carbons (Fsp3) is 0.375. The van der Waals surface area contributed by atoms with Crippen LogP contribution in [0.5, 0.6) is 0 Å². The highest BCUT2D eigenvalue weighted by Gasteiger charge is 2.66. The van der Waals surface area contributed by atoms with E-state index < -0.39 is 0 Å². The summed E-state index contributed by atoms with van der Waals surface area (Å²) in [5, 5.41) is 2.91. The number of aryl methyl sites for hydroxylation is 2. The van der Waals surface area contributed by atoms with Crippen molar-refractivity contribution in [2.75, 3.05) is 10.2 Å². The summed E-state index contributed by atoms with van der Waals surface area (Å²) >= 11 is 7.43. The summed E-state index contributed by atoms with van der Waals surface area (Å²) in [4.78, 5) is 41.5. The molecule has 6 atom stereocenters. The molecule has 160 valence electrons. The zero-order chi connectivity index (χ0) is 22.0. The van der Waals surface area contributed by atoms with Crippen LogP contribution in [0.15, 0.2) is 42.5 Å². The van der Waals surface area contributed by atoms with E-state index in [9.17, 15) is 14.4 Å². The highest BCUT2D eigenvalue weighted by Crippen LogP contribution is 2.60. The number of hydrogen-bond donors (Lipinski definition) is 1. The molecule has 3 aliphatic rings. The molecule has 3 fully saturated rings. The fourth-order valence-corrected chi connectivity index (χ4v) is 7.34. The van der Waals surface area contributed by atoms with Crippen molar-refractivity contribution in [3.8, 4) is 0 Å². The lowest BCUT2D eigenvalue weighted by Gasteiger charge is -2.28. The van der Waals surface area contributed by atoms with E-state index in [1.165, 1.54) is 4.90 Å². The van der Waals surface area contributed by atoms with Crippen LogP contribution in [-0.4, -0.2) is 27.4 Å². The van der Waals surface area contributed by atoms with Crippen molar-refractivity contribution in [1.82, 2.24) is 0 Å². The number of imide groups is 1. The summed E-state index contributed by atoms with van der Waals surface area (Å²) < 4.78 is 0. The molecule has 1 aliphatic heterocycles. The first-order valence-electron chi connectivity index (χ1n) is 10.4. The third-order valence-electron chi connectivity index (χ3n) is 7.14. The smallest absolute Gasteiger partial charge is 0.257 e. The van der Waals surface area contributed by atoms with Gasteiger partial charge in [0.1, 0.15) is 0 Å². The molecule has 2 saturated carbocycles. The fourth-order valence-electron chi connectivity index (χ4n) is 5.46. The summed E-state index contributed by atoms with van der Waals surface area (Å²) in [6, 6.07) is 12.6. The molecule has 7 heteroatoms. The molecule has 2 aliphatic carbocycles. The quantitative estimate of drug-likeness (QED) is 0.443. The van der Waals surface area contributed by atoms with Gasteiger partial charge in [0, 0.05) is 15.3 Å². The van der Waals surface area contributed by atoms with E-state index >= 15 is 0 Å². The highest BCUT2D eigenvalue weighted by molar-refractivity contribution is 9.12. The maximum atomic E-state index is 13.4. The van der Waals surface area contributed by atoms with Gasteiger partial charge in [-0.3, -0.25) is 14.4 Å². The van der Waals surface area contributed by atoms with Gasteiger partial charge in [-0.15, -0.1) is 0 Å². The molecule has 2 aromatic carbocycles. The molecule has 0 radical (unpaired) electrons. The van der Waals surface area contributed by atoms with Crippen molar-refractivity contribution >= 4 is 61.0 Å². The van der Waals surface area contributed by atoms with E-state index in [1.54, 1.807) is 24.3 Å². The van der Waals surface area contributed by atoms with Crippen LogP contribution in [0.2, 0.25) is 0 Å². The minimum absolute atomic E-state index is 0.136. The van der Waals surface area contributed by atoms with Crippen molar-refractivity contribution in [3.63, 3.8) is 0 Å². The lowest BCUT2D eigenvalue weighted by atomic mass is 9.81. The summed E-state index contributed by atoms with van der Waals surface area (Å²) in [5.74, 6) is -1.06. The first kappa shape index (κ1) is 20.9. The van der Waals surface area contributed by atoms with Crippen LogP contribution < -0.4 is 10.2 Å². The largest absolute Gasteiger partial charge is 0.322 e. The molecule has 2 bridgehead atoms. The molecule has 2 aromatic rings. The van der Waals surface area contributed by atoms with Gasteiger partial charge in [-0.1, -0.05) is 50.1 Å². The monoisotopic (exact) mass is 544 g/mol. The summed E-state index contributed by atoms with van der Waals surface area (Å²) in [6.07, 6.45) is 0.876. The molecule has 5 nitrogen and oxygen atoms in total. The number of hydrogen-bond acceptors (Lipinski definition) is 3. The molecule has 5 rings (SSSR count). The molecule has 1 N–H and O–H groups in total. The number of rotatable bonds is 3. The molecular formula is C24H22Br2N2O3. The predicted molar refractivity (Wildman–Crippen MR) is 127 cm³/mol. The second kappa shape index (κ2) is 7.55. The van der Waals surface area contributed by atoms with E-state index in [0.29, 0.717) is 16.9 Å². The van der Waals surface area contributed by atoms with Gasteiger partial charge in [-0.25, -0.2) is 4.90 Å². The number of nitrogens with zero attached hydrogens (tertiary/aromatic N) is 1. The Morgan fingerprint density at radius 2 is 1.55 bits per heavy atom. The zero-order valence-corrected chi connectivity index (χ0v) is 20.3. The molecule has 1 heterocycles. The number of nitrogens with one attached hydrogen (secondary N) is 1. The first-order valence-corrected chi connectivity index (χ1v) is 12.3. The van der Waals surface area contributed by atoms with E-state index in [-0.39, 0.29) is 51.0 Å². The third-order valence-corrected chi connectivity index (χ3v) is 10.3. The number of carbonyl (C=O) groups excluding carboxylic acids is 3. The minimum Gasteiger partial charge on any atom is -0.322 e. The maximum absolute atomic E-state index is 13.4. The lowest BCUT2D eigenvalue weighted by molar-refractivity contribution is -0.123. The number of alkyl halides is 2. The van der Waals surface area contributed by atoms with Crippen molar-refractivity contribution < 1.29 is 14.4 Å². The van der Waals surface area contributed by atoms with Gasteiger partial charge in [-0.2, -0.15) is 0 Å². The SMILES string of the molecule is Cc1ccc(NC(=O)c2ccccc2N2C(=O)[C@@H]3[C@H]4C[C@@H]([C@H](Br)[C@H]4Br)[C@@H]3C2=O)cc1C. The average Bonchev–Trinajstić information content (AvgIpc) is 3.35. The summed E-state index contributed by atoms with van der Waals surface area (Å²) in [5.41, 5.74) is 3.59. The van der Waals surface area contributed by atoms with Gasteiger partial charge in [0.15, 0.2) is 0 Å². The Hall–Kier alpha value is -1.99. The van der Waals surface area contributed by atoms with Gasteiger partial charge in [0.25, 0.3) is 5.91 Å². The number of fused-ring (bicyclic) bond motifs is 5. The molecule has 0 spiro atoms. The van der Waals surface area contributed by atoms with Crippen LogP contribution in [0.4, 0.5) is 11.4 Å². The average molecular weight is 546 g/mol. The van der Waals surface area contributed by atoms with Crippen LogP contribution in [-0.2, 0) is 9.59 Å². The van der Waals surface area contributed by atoms with Crippen LogP contribution in [0, 0.1) is 37.5 Å². The Bertz CT molecular complexity index is 1090. The molecule has 1 saturated heterocycles. The molecule has 3 amide bonds. The zero-order valence-electron chi connectivity index (χ0n) is 17.1. The number of benzene rings is 2. The van der Waals surface area contributed by atoms with Gasteiger partial charge >= 0.3 is 0 Å². The molecule has 0 unspecified atom stereocenters. The second-order valence-electron chi connectivity index (χ2n) is 8.79. The number of anilines is 2. The van der Waals surface area contributed by atoms with Gasteiger partial charge < -0.3 is 5.32 Å². The summed E-state index contributed by atoms with van der Waals surface area (Å²) in [6.45, 7) is 4.00. The highest BCUT2D eigenvalue weighted by atomic mass is 79.9. The Labute approximate surface area is 197 Å². The predicted octanol–water partition coefficient (Wildman–Crippen LogP) is 4.84. The van der Waals surface area contributed by atoms with E-state index in [0.717, 1.165) is 17.5 Å². The van der Waals surface area contributed by atoms with Crippen molar-refractivity contribution in [1.29, 1.82) is 0 Å². The third kappa shape index (κ3) is 3.11. The number of amides is 3. The Balaban J connectivity index is 1.47. The van der Waals surface area contributed by atoms with E-state index in [2.05, 4.69) is 37.2 Å². The molecule has 31 heavy (non-hydrogen) atoms. The van der Waals surface area contributed by atoms with Crippen molar-refractivity contribution in [3.05, 3.63) is 59.2 Å². The number of para-hydroxylation sites is 1. The number of halogens is 2. The van der Waals surface area contributed by atoms with Crippen LogP contribution >= 0.6 is 31.9 Å². The number of carbonyl (C=O) groups is 3. The van der Waals surface area contributed by atoms with Crippen LogP contribution in [0.3, 0.4) is 0 Å². The van der Waals surface area contributed by atoms with Gasteiger partial charge in [-0.05, 0) is 67.5 Å². The molecular weight excluding hydrogens is 524 g/mol. The summed E-state index contributed by atoms with van der Waals surface area (Å²) in [7, 11) is 0. The van der Waals surface area contributed by atoms with Crippen molar-refractivity contribution in [2.45, 2.75) is 29.9 Å². The van der Waals surface area contributed by atoms with Crippen LogP contribution in [0.25, 0.3) is 0 Å². The second-order valence-corrected chi connectivity index (χ2v) is 10.9. The normalized spacial score (nSPS) is 31.3. The standard InChI is InChI=1S/C24H22Br2N2O3/c1-11-7-8-13(9-12(11)2)27-22(29)14-5-3-4-6-17(14)28-23(30)18-15-10-16(19(18)24(28)31)21(26)20(15)25/h3-9,15-16,18-21H,10H2,1-2H3,(H,27,29)/t15-,16-,18-,19+,20+,21+/m1/s1. The minimum atomic E-state index is -0.337. The van der Waals surface area contributed by atoms with Gasteiger partial charge in [0.05, 0.1) is 23.1 Å². The topological polar surface area (TPSA) is 66.5 Å². The van der Waals surface area contributed by atoms with E-state index in [4.69, 9.17) is 0 Å². The maximum Gasteiger partial charge on any atom is 0.257 e. The lowest BCUT2D eigenvalue weighted by Crippen LogP contribution is -2.37.